The molecule has 66 valence electrons. The fourth-order valence-corrected chi connectivity index (χ4v) is 2.33. The second-order valence-corrected chi connectivity index (χ2v) is 8.75. The summed E-state index contributed by atoms with van der Waals surface area (Å²) in [5.74, 6) is -1.77. The van der Waals surface area contributed by atoms with Crippen LogP contribution in [0.15, 0.2) is 12.3 Å². The van der Waals surface area contributed by atoms with Crippen molar-refractivity contribution in [3.63, 3.8) is 0 Å². The van der Waals surface area contributed by atoms with Gasteiger partial charge in [0.25, 0.3) is 0 Å². The lowest BCUT2D eigenvalue weighted by atomic mass is 10.5. The van der Waals surface area contributed by atoms with Crippen LogP contribution in [0.4, 0.5) is 8.78 Å². The molecule has 12 heavy (non-hydrogen) atoms. The Bertz CT molecular complexity index is 294. The summed E-state index contributed by atoms with van der Waals surface area (Å²) in [6.45, 7) is 5.89. The van der Waals surface area contributed by atoms with Gasteiger partial charge in [0, 0.05) is 6.20 Å². The van der Waals surface area contributed by atoms with E-state index in [0.717, 1.165) is 0 Å². The Morgan fingerprint density at radius 3 is 2.25 bits per heavy atom. The molecule has 0 fully saturated rings. The zero-order valence-corrected chi connectivity index (χ0v) is 8.36. The Morgan fingerprint density at radius 1 is 1.25 bits per heavy atom. The first-order chi connectivity index (χ1) is 5.43. The Morgan fingerprint density at radius 2 is 1.83 bits per heavy atom. The van der Waals surface area contributed by atoms with Gasteiger partial charge in [-0.3, -0.25) is 0 Å². The van der Waals surface area contributed by atoms with Crippen LogP contribution >= 0.6 is 0 Å². The van der Waals surface area contributed by atoms with Gasteiger partial charge in [-0.1, -0.05) is 19.6 Å². The molecule has 0 radical (unpaired) electrons. The van der Waals surface area contributed by atoms with Crippen molar-refractivity contribution in [3.8, 4) is 0 Å². The van der Waals surface area contributed by atoms with E-state index in [9.17, 15) is 8.78 Å². The Balaban J connectivity index is 3.26. The monoisotopic (exact) mass is 187 g/mol. The molecule has 0 N–H and O–H groups in total. The van der Waals surface area contributed by atoms with Crippen molar-refractivity contribution < 1.29 is 8.78 Å². The largest absolute Gasteiger partial charge is 0.248 e. The van der Waals surface area contributed by atoms with Crippen molar-refractivity contribution >= 4 is 13.3 Å². The van der Waals surface area contributed by atoms with E-state index in [1.54, 1.807) is 6.07 Å². The van der Waals surface area contributed by atoms with E-state index >= 15 is 0 Å². The Labute approximate surface area is 71.5 Å². The van der Waals surface area contributed by atoms with Gasteiger partial charge in [0.15, 0.2) is 5.82 Å². The number of hydrogen-bond acceptors (Lipinski definition) is 1. The molecule has 1 rings (SSSR count). The van der Waals surface area contributed by atoms with E-state index in [1.165, 1.54) is 6.20 Å². The molecule has 0 aliphatic carbocycles. The second-order valence-electron chi connectivity index (χ2n) is 3.71. The summed E-state index contributed by atoms with van der Waals surface area (Å²) in [6, 6.07) is 1.56. The van der Waals surface area contributed by atoms with Crippen LogP contribution in [-0.2, 0) is 0 Å². The Hall–Kier alpha value is -0.773. The minimum Gasteiger partial charge on any atom is -0.226 e. The van der Waals surface area contributed by atoms with Crippen molar-refractivity contribution in [1.82, 2.24) is 4.98 Å². The quantitative estimate of drug-likeness (QED) is 0.483. The molecule has 0 saturated heterocycles. The van der Waals surface area contributed by atoms with Crippen molar-refractivity contribution in [2.24, 2.45) is 0 Å². The van der Waals surface area contributed by atoms with Crippen LogP contribution in [0, 0.1) is 11.8 Å². The van der Waals surface area contributed by atoms with E-state index in [4.69, 9.17) is 0 Å². The third kappa shape index (κ3) is 1.69. The maximum absolute atomic E-state index is 13.1. The van der Waals surface area contributed by atoms with Crippen LogP contribution in [0.1, 0.15) is 0 Å². The van der Waals surface area contributed by atoms with Gasteiger partial charge < -0.3 is 0 Å². The first-order valence-electron chi connectivity index (χ1n) is 3.73. The lowest BCUT2D eigenvalue weighted by Crippen LogP contribution is -2.40. The molecule has 0 amide bonds. The average Bonchev–Trinajstić information content (AvgIpc) is 1.92. The zero-order chi connectivity index (χ0) is 9.35. The number of pyridine rings is 1. The number of halogens is 2. The molecular formula is C8H11F2NSi. The van der Waals surface area contributed by atoms with Crippen LogP contribution in [-0.4, -0.2) is 13.1 Å². The second kappa shape index (κ2) is 2.93. The van der Waals surface area contributed by atoms with Crippen LogP contribution in [0.2, 0.25) is 19.6 Å². The molecule has 1 aromatic heterocycles. The molecule has 0 unspecified atom stereocenters. The van der Waals surface area contributed by atoms with Gasteiger partial charge in [-0.25, -0.2) is 9.37 Å². The third-order valence-electron chi connectivity index (χ3n) is 1.65. The summed E-state index contributed by atoms with van der Waals surface area (Å²) in [4.78, 5) is 3.23. The maximum Gasteiger partial charge on any atom is 0.248 e. The highest BCUT2D eigenvalue weighted by molar-refractivity contribution is 6.88. The molecule has 0 atom stereocenters. The topological polar surface area (TPSA) is 12.9 Å². The van der Waals surface area contributed by atoms with Gasteiger partial charge >= 0.3 is 0 Å². The van der Waals surface area contributed by atoms with Gasteiger partial charge in [-0.15, -0.1) is 0 Å². The first kappa shape index (κ1) is 9.32. The first-order valence-corrected chi connectivity index (χ1v) is 7.23. The number of nitrogens with zero attached hydrogens (tertiary/aromatic N) is 1. The molecule has 0 bridgehead atoms. The van der Waals surface area contributed by atoms with E-state index in [0.29, 0.717) is 5.19 Å². The van der Waals surface area contributed by atoms with Crippen molar-refractivity contribution in [3.05, 3.63) is 24.0 Å². The van der Waals surface area contributed by atoms with E-state index in [2.05, 4.69) is 4.98 Å². The van der Waals surface area contributed by atoms with Crippen LogP contribution < -0.4 is 5.19 Å². The third-order valence-corrected chi connectivity index (χ3v) is 3.66. The van der Waals surface area contributed by atoms with Gasteiger partial charge in [0.05, 0.1) is 8.07 Å². The molecule has 0 aromatic carbocycles. The normalized spacial score (nSPS) is 11.8. The van der Waals surface area contributed by atoms with E-state index in [-0.39, 0.29) is 0 Å². The molecule has 0 saturated carbocycles. The summed E-state index contributed by atoms with van der Waals surface area (Å²) >= 11 is 0. The fourth-order valence-electron chi connectivity index (χ4n) is 0.997. The Kier molecular flexibility index (Phi) is 2.28. The minimum absolute atomic E-state index is 0.495. The predicted molar refractivity (Wildman–Crippen MR) is 47.1 cm³/mol. The summed E-state index contributed by atoms with van der Waals surface area (Å²) in [7, 11) is -1.76. The zero-order valence-electron chi connectivity index (χ0n) is 7.36. The average molecular weight is 187 g/mol. The number of aromatic nitrogens is 1. The SMILES string of the molecule is C[Si](C)(C)c1ccnc(F)c1F. The maximum atomic E-state index is 13.1. The lowest BCUT2D eigenvalue weighted by molar-refractivity contribution is 0.484. The van der Waals surface area contributed by atoms with Crippen molar-refractivity contribution in [2.45, 2.75) is 19.6 Å². The molecule has 1 nitrogen and oxygen atoms in total. The van der Waals surface area contributed by atoms with Crippen LogP contribution in [0.3, 0.4) is 0 Å². The summed E-state index contributed by atoms with van der Waals surface area (Å²) in [6.07, 6.45) is 1.31. The van der Waals surface area contributed by atoms with Gasteiger partial charge in [0.2, 0.25) is 5.95 Å². The lowest BCUT2D eigenvalue weighted by Gasteiger charge is -2.16. The van der Waals surface area contributed by atoms with Crippen LogP contribution in [0.25, 0.3) is 0 Å². The number of hydrogen-bond donors (Lipinski definition) is 0. The predicted octanol–water partition coefficient (Wildman–Crippen LogP) is 1.91. The molecule has 0 aliphatic rings. The van der Waals surface area contributed by atoms with Gasteiger partial charge in [0.1, 0.15) is 0 Å². The number of rotatable bonds is 1. The molecule has 0 aliphatic heterocycles. The standard InChI is InChI=1S/C8H11F2NSi/c1-12(2,3)6-4-5-11-8(10)7(6)9/h4-5H,1-3H3. The van der Waals surface area contributed by atoms with Crippen molar-refractivity contribution in [1.29, 1.82) is 0 Å². The smallest absolute Gasteiger partial charge is 0.226 e. The fraction of sp³-hybridized carbons (Fsp3) is 0.375. The van der Waals surface area contributed by atoms with E-state index < -0.39 is 19.8 Å². The van der Waals surface area contributed by atoms with Gasteiger partial charge in [-0.2, -0.15) is 4.39 Å². The summed E-state index contributed by atoms with van der Waals surface area (Å²) < 4.78 is 25.7. The highest BCUT2D eigenvalue weighted by atomic mass is 28.3. The molecule has 1 heterocycles. The van der Waals surface area contributed by atoms with E-state index in [1.807, 2.05) is 19.6 Å². The molecular weight excluding hydrogens is 176 g/mol. The summed E-state index contributed by atoms with van der Waals surface area (Å²) in [5, 5.41) is 0.495. The molecule has 4 heteroatoms. The minimum atomic E-state index is -1.76. The van der Waals surface area contributed by atoms with Crippen molar-refractivity contribution in [2.75, 3.05) is 0 Å². The van der Waals surface area contributed by atoms with Gasteiger partial charge in [-0.05, 0) is 11.3 Å². The van der Waals surface area contributed by atoms with Crippen LogP contribution in [0.5, 0.6) is 0 Å². The summed E-state index contributed by atoms with van der Waals surface area (Å²) in [5.41, 5.74) is 0. The molecule has 1 aromatic rings. The molecule has 0 spiro atoms. The highest BCUT2D eigenvalue weighted by Gasteiger charge is 2.22. The highest BCUT2D eigenvalue weighted by Crippen LogP contribution is 2.06.